The molecule has 0 bridgehead atoms. The Balaban J connectivity index is 1.43. The van der Waals surface area contributed by atoms with E-state index in [4.69, 9.17) is 14.2 Å². The molecule has 3 rings (SSSR count). The zero-order valence-corrected chi connectivity index (χ0v) is 23.2. The van der Waals surface area contributed by atoms with Crippen LogP contribution in [0.15, 0.2) is 42.5 Å². The van der Waals surface area contributed by atoms with Crippen LogP contribution >= 0.6 is 11.3 Å². The Morgan fingerprint density at radius 2 is 1.71 bits per heavy atom. The smallest absolute Gasteiger partial charge is 0.416 e. The molecule has 0 saturated heterocycles. The van der Waals surface area contributed by atoms with Crippen LogP contribution in [0.2, 0.25) is 0 Å². The monoisotopic (exact) mass is 549 g/mol. The van der Waals surface area contributed by atoms with E-state index in [1.54, 1.807) is 26.8 Å². The Kier molecular flexibility index (Phi) is 9.82. The van der Waals surface area contributed by atoms with Crippen molar-refractivity contribution in [1.82, 2.24) is 4.98 Å². The van der Waals surface area contributed by atoms with Crippen LogP contribution in [0.5, 0.6) is 11.5 Å². The predicted molar refractivity (Wildman–Crippen MR) is 143 cm³/mol. The van der Waals surface area contributed by atoms with Gasteiger partial charge in [-0.1, -0.05) is 12.1 Å². The number of benzene rings is 2. The van der Waals surface area contributed by atoms with E-state index < -0.39 is 23.3 Å². The van der Waals surface area contributed by atoms with Crippen molar-refractivity contribution in [3.05, 3.63) is 64.2 Å². The molecule has 0 fully saturated rings. The second kappa shape index (κ2) is 12.7. The lowest BCUT2D eigenvalue weighted by molar-refractivity contribution is -0.158. The van der Waals surface area contributed by atoms with Gasteiger partial charge >= 0.3 is 12.1 Å². The van der Waals surface area contributed by atoms with Gasteiger partial charge < -0.3 is 14.2 Å². The molecule has 2 aromatic carbocycles. The van der Waals surface area contributed by atoms with E-state index >= 15 is 0 Å². The number of esters is 1. The molecule has 0 unspecified atom stereocenters. The summed E-state index contributed by atoms with van der Waals surface area (Å²) in [4.78, 5) is 17.8. The number of unbranched alkanes of at least 4 members (excludes halogenated alkanes) is 2. The number of ether oxygens (including phenoxy) is 3. The third kappa shape index (κ3) is 7.96. The molecule has 0 aliphatic heterocycles. The van der Waals surface area contributed by atoms with Crippen LogP contribution < -0.4 is 9.47 Å². The minimum Gasteiger partial charge on any atom is -0.494 e. The number of aryl methyl sites for hydroxylation is 3. The number of rotatable bonds is 12. The van der Waals surface area contributed by atoms with Crippen molar-refractivity contribution in [2.24, 2.45) is 0 Å². The molecule has 206 valence electrons. The molecule has 0 aliphatic rings. The first-order valence-electron chi connectivity index (χ1n) is 12.6. The van der Waals surface area contributed by atoms with E-state index in [1.807, 2.05) is 26.0 Å². The largest absolute Gasteiger partial charge is 0.494 e. The zero-order valence-electron chi connectivity index (χ0n) is 22.4. The molecule has 0 N–H and O–H groups in total. The maximum atomic E-state index is 12.8. The number of hydrogen-bond donors (Lipinski definition) is 0. The summed E-state index contributed by atoms with van der Waals surface area (Å²) in [7, 11) is 0. The van der Waals surface area contributed by atoms with Gasteiger partial charge in [-0.3, -0.25) is 0 Å². The molecule has 9 heteroatoms. The SMILES string of the molecule is CCOC(=O)C(C)(C)Oc1ccc(OCCCCCc2sc(-c3ccc(C(F)(F)F)cc3)nc2C)cc1C. The van der Waals surface area contributed by atoms with Crippen LogP contribution in [0, 0.1) is 13.8 Å². The van der Waals surface area contributed by atoms with Gasteiger partial charge in [-0.15, -0.1) is 11.3 Å². The highest BCUT2D eigenvalue weighted by atomic mass is 32.1. The summed E-state index contributed by atoms with van der Waals surface area (Å²) in [5.41, 5.74) is 0.740. The third-order valence-corrected chi connectivity index (χ3v) is 7.21. The summed E-state index contributed by atoms with van der Waals surface area (Å²) in [6.07, 6.45) is -0.651. The zero-order chi connectivity index (χ0) is 27.9. The highest BCUT2D eigenvalue weighted by molar-refractivity contribution is 7.15. The summed E-state index contributed by atoms with van der Waals surface area (Å²) in [5, 5.41) is 0.739. The third-order valence-electron chi connectivity index (χ3n) is 5.95. The minimum absolute atomic E-state index is 0.297. The number of alkyl halides is 3. The van der Waals surface area contributed by atoms with Gasteiger partial charge in [-0.2, -0.15) is 13.2 Å². The normalized spacial score (nSPS) is 11.9. The van der Waals surface area contributed by atoms with Crippen molar-refractivity contribution in [2.75, 3.05) is 13.2 Å². The lowest BCUT2D eigenvalue weighted by Crippen LogP contribution is -2.39. The maximum Gasteiger partial charge on any atom is 0.416 e. The van der Waals surface area contributed by atoms with E-state index in [9.17, 15) is 18.0 Å². The molecular weight excluding hydrogens is 515 g/mol. The molecule has 0 amide bonds. The molecule has 0 atom stereocenters. The van der Waals surface area contributed by atoms with Gasteiger partial charge in [0.1, 0.15) is 16.5 Å². The molecular formula is C29H34F3NO4S. The fourth-order valence-corrected chi connectivity index (χ4v) is 4.90. The highest BCUT2D eigenvalue weighted by Crippen LogP contribution is 2.33. The summed E-state index contributed by atoms with van der Waals surface area (Å²) < 4.78 is 55.3. The van der Waals surface area contributed by atoms with Crippen LogP contribution in [-0.4, -0.2) is 29.8 Å². The summed E-state index contributed by atoms with van der Waals surface area (Å²) in [6.45, 7) is 9.83. The Hall–Kier alpha value is -3.07. The van der Waals surface area contributed by atoms with Gasteiger partial charge in [0.05, 0.1) is 24.5 Å². The molecule has 0 radical (unpaired) electrons. The molecule has 1 aromatic heterocycles. The van der Waals surface area contributed by atoms with Crippen LogP contribution in [0.3, 0.4) is 0 Å². The number of hydrogen-bond acceptors (Lipinski definition) is 6. The molecule has 38 heavy (non-hydrogen) atoms. The second-order valence-corrected chi connectivity index (χ2v) is 10.6. The van der Waals surface area contributed by atoms with Crippen LogP contribution in [0.25, 0.3) is 10.6 Å². The van der Waals surface area contributed by atoms with Crippen molar-refractivity contribution in [3.8, 4) is 22.1 Å². The van der Waals surface area contributed by atoms with Gasteiger partial charge in [0.15, 0.2) is 5.60 Å². The average Bonchev–Trinajstić information content (AvgIpc) is 3.23. The van der Waals surface area contributed by atoms with Crippen molar-refractivity contribution in [3.63, 3.8) is 0 Å². The number of nitrogens with zero attached hydrogens (tertiary/aromatic N) is 1. The van der Waals surface area contributed by atoms with Crippen molar-refractivity contribution < 1.29 is 32.2 Å². The van der Waals surface area contributed by atoms with E-state index in [0.717, 1.165) is 64.7 Å². The second-order valence-electron chi connectivity index (χ2n) is 9.52. The van der Waals surface area contributed by atoms with Gasteiger partial charge in [-0.25, -0.2) is 9.78 Å². The predicted octanol–water partition coefficient (Wildman–Crippen LogP) is 7.96. The Bertz CT molecular complexity index is 1220. The fourth-order valence-electron chi connectivity index (χ4n) is 3.79. The standard InChI is InChI=1S/C29H34F3NO4S/c1-6-35-27(34)28(4,5)37-24-16-15-23(18-19(24)2)36-17-9-7-8-10-25-20(3)33-26(38-25)21-11-13-22(14-12-21)29(30,31)32/h11-16,18H,6-10,17H2,1-5H3. The van der Waals surface area contributed by atoms with Gasteiger partial charge in [-0.05, 0) is 96.2 Å². The summed E-state index contributed by atoms with van der Waals surface area (Å²) >= 11 is 1.53. The molecule has 0 spiro atoms. The Morgan fingerprint density at radius 1 is 1.00 bits per heavy atom. The number of carbonyl (C=O) groups excluding carboxylic acids is 1. The Morgan fingerprint density at radius 3 is 2.34 bits per heavy atom. The maximum absolute atomic E-state index is 12.8. The van der Waals surface area contributed by atoms with Gasteiger partial charge in [0.2, 0.25) is 0 Å². The van der Waals surface area contributed by atoms with Crippen LogP contribution in [0.4, 0.5) is 13.2 Å². The number of carbonyl (C=O) groups is 1. The lowest BCUT2D eigenvalue weighted by atomic mass is 10.1. The average molecular weight is 550 g/mol. The molecule has 1 heterocycles. The van der Waals surface area contributed by atoms with E-state index in [1.165, 1.54) is 23.5 Å². The summed E-state index contributed by atoms with van der Waals surface area (Å²) in [5.74, 6) is 0.929. The fraction of sp³-hybridized carbons (Fsp3) is 0.448. The van der Waals surface area contributed by atoms with E-state index in [-0.39, 0.29) is 0 Å². The van der Waals surface area contributed by atoms with Gasteiger partial charge in [0.25, 0.3) is 0 Å². The lowest BCUT2D eigenvalue weighted by Gasteiger charge is -2.25. The highest BCUT2D eigenvalue weighted by Gasteiger charge is 2.32. The van der Waals surface area contributed by atoms with E-state index in [0.29, 0.717) is 24.5 Å². The van der Waals surface area contributed by atoms with Crippen molar-refractivity contribution >= 4 is 17.3 Å². The van der Waals surface area contributed by atoms with Gasteiger partial charge in [0, 0.05) is 10.4 Å². The van der Waals surface area contributed by atoms with E-state index in [2.05, 4.69) is 4.98 Å². The molecule has 3 aromatic rings. The number of aromatic nitrogens is 1. The topological polar surface area (TPSA) is 57.7 Å². The summed E-state index contributed by atoms with van der Waals surface area (Å²) in [6, 6.07) is 10.7. The van der Waals surface area contributed by atoms with Crippen molar-refractivity contribution in [1.29, 1.82) is 0 Å². The molecule has 5 nitrogen and oxygen atoms in total. The van der Waals surface area contributed by atoms with Crippen molar-refractivity contribution in [2.45, 2.75) is 72.1 Å². The first-order chi connectivity index (χ1) is 17.9. The first-order valence-corrected chi connectivity index (χ1v) is 13.5. The number of thiazole rings is 1. The minimum atomic E-state index is -4.34. The molecule has 0 saturated carbocycles. The van der Waals surface area contributed by atoms with Crippen LogP contribution in [-0.2, 0) is 22.1 Å². The number of halogens is 3. The first kappa shape index (κ1) is 29.5. The van der Waals surface area contributed by atoms with Crippen LogP contribution in [0.1, 0.15) is 61.7 Å². The molecule has 0 aliphatic carbocycles. The Labute approximate surface area is 226 Å². The quantitative estimate of drug-likeness (QED) is 0.169.